The maximum Gasteiger partial charge on any atom is 0.252 e. The highest BCUT2D eigenvalue weighted by Crippen LogP contribution is 2.53. The number of para-hydroxylation sites is 2. The van der Waals surface area contributed by atoms with Crippen LogP contribution in [0.3, 0.4) is 0 Å². The monoisotopic (exact) mass is 949 g/mol. The molecule has 73 heavy (non-hydrogen) atoms. The van der Waals surface area contributed by atoms with Gasteiger partial charge in [-0.1, -0.05) is 259 Å². The summed E-state index contributed by atoms with van der Waals surface area (Å²) in [6.45, 7) is 27.9. The SMILES string of the molecule is CC(C)(C)c1cccc(-c2cccc(-c3ccccc3)c2N2c3ccc(C(C)(C)C)cc3B3c4cc(C(C)(C)C)ccc4N(c4c(-c5ccccc5)cccc4-c4cccc(C(C)(C)C)c4)c4cccc2c43)c1. The first-order valence-electron chi connectivity index (χ1n) is 26.4. The third-order valence-corrected chi connectivity index (χ3v) is 15.5. The Kier molecular flexibility index (Phi) is 11.6. The van der Waals surface area contributed by atoms with Crippen molar-refractivity contribution in [2.75, 3.05) is 9.80 Å². The molecule has 2 aliphatic rings. The van der Waals surface area contributed by atoms with Crippen LogP contribution in [0.15, 0.2) is 200 Å². The zero-order valence-electron chi connectivity index (χ0n) is 45.0. The van der Waals surface area contributed by atoms with Crippen molar-refractivity contribution < 1.29 is 0 Å². The number of hydrogen-bond donors (Lipinski definition) is 0. The van der Waals surface area contributed by atoms with Crippen LogP contribution in [0.4, 0.5) is 34.1 Å². The minimum Gasteiger partial charge on any atom is -0.310 e. The largest absolute Gasteiger partial charge is 0.310 e. The molecule has 3 heteroatoms. The van der Waals surface area contributed by atoms with Crippen molar-refractivity contribution in [3.63, 3.8) is 0 Å². The lowest BCUT2D eigenvalue weighted by Gasteiger charge is -2.46. The summed E-state index contributed by atoms with van der Waals surface area (Å²) in [5.74, 6) is 0. The fourth-order valence-corrected chi connectivity index (χ4v) is 11.4. The molecule has 0 N–H and O–H groups in total. The van der Waals surface area contributed by atoms with Crippen LogP contribution >= 0.6 is 0 Å². The van der Waals surface area contributed by atoms with Gasteiger partial charge in [-0.05, 0) is 107 Å². The van der Waals surface area contributed by atoms with Gasteiger partial charge in [-0.3, -0.25) is 0 Å². The highest BCUT2D eigenvalue weighted by Gasteiger charge is 2.45. The fraction of sp³-hybridized carbons (Fsp3) is 0.229. The summed E-state index contributed by atoms with van der Waals surface area (Å²) in [4.78, 5) is 5.29. The van der Waals surface area contributed by atoms with Crippen molar-refractivity contribution in [1.29, 1.82) is 0 Å². The molecular weight excluding hydrogens is 880 g/mol. The Morgan fingerprint density at radius 2 is 0.589 bits per heavy atom. The van der Waals surface area contributed by atoms with Crippen LogP contribution in [0.5, 0.6) is 0 Å². The Balaban J connectivity index is 1.29. The molecule has 0 spiro atoms. The molecule has 2 aliphatic heterocycles. The van der Waals surface area contributed by atoms with Crippen LogP contribution in [0.25, 0.3) is 44.5 Å². The smallest absolute Gasteiger partial charge is 0.252 e. The van der Waals surface area contributed by atoms with Crippen molar-refractivity contribution in [3.8, 4) is 44.5 Å². The first-order chi connectivity index (χ1) is 34.8. The zero-order chi connectivity index (χ0) is 51.2. The fourth-order valence-electron chi connectivity index (χ4n) is 11.4. The van der Waals surface area contributed by atoms with Gasteiger partial charge < -0.3 is 9.80 Å². The molecule has 2 nitrogen and oxygen atoms in total. The summed E-state index contributed by atoms with van der Waals surface area (Å²) in [5.41, 5.74) is 25.8. The van der Waals surface area contributed by atoms with E-state index in [0.717, 1.165) is 0 Å². The number of anilines is 6. The van der Waals surface area contributed by atoms with Gasteiger partial charge in [0.15, 0.2) is 0 Å². The van der Waals surface area contributed by atoms with E-state index in [4.69, 9.17) is 0 Å². The summed E-state index contributed by atoms with van der Waals surface area (Å²) in [6.07, 6.45) is 0. The topological polar surface area (TPSA) is 6.48 Å². The van der Waals surface area contributed by atoms with Crippen LogP contribution < -0.4 is 26.2 Å². The third kappa shape index (κ3) is 8.51. The first kappa shape index (κ1) is 47.9. The molecular formula is C70H69BN2. The average molecular weight is 949 g/mol. The summed E-state index contributed by atoms with van der Waals surface area (Å²) >= 11 is 0. The first-order valence-corrected chi connectivity index (χ1v) is 26.4. The van der Waals surface area contributed by atoms with Gasteiger partial charge >= 0.3 is 0 Å². The van der Waals surface area contributed by atoms with Gasteiger partial charge in [0.25, 0.3) is 6.71 Å². The minimum absolute atomic E-state index is 0.0221. The molecule has 0 radical (unpaired) electrons. The lowest BCUT2D eigenvalue weighted by Crippen LogP contribution is -2.61. The number of rotatable bonds is 6. The number of nitrogens with zero attached hydrogens (tertiary/aromatic N) is 2. The van der Waals surface area contributed by atoms with Gasteiger partial charge in [0.1, 0.15) is 0 Å². The van der Waals surface area contributed by atoms with Gasteiger partial charge in [0.2, 0.25) is 0 Å². The quantitative estimate of drug-likeness (QED) is 0.153. The van der Waals surface area contributed by atoms with Gasteiger partial charge in [0.05, 0.1) is 11.4 Å². The highest BCUT2D eigenvalue weighted by molar-refractivity contribution is 7.00. The van der Waals surface area contributed by atoms with Gasteiger partial charge in [-0.2, -0.15) is 0 Å². The molecule has 11 rings (SSSR count). The molecule has 0 unspecified atom stereocenters. The molecule has 0 fully saturated rings. The van der Waals surface area contributed by atoms with Crippen LogP contribution in [-0.4, -0.2) is 6.71 Å². The van der Waals surface area contributed by atoms with Crippen molar-refractivity contribution in [2.24, 2.45) is 0 Å². The lowest BCUT2D eigenvalue weighted by atomic mass is 9.33. The van der Waals surface area contributed by atoms with Crippen molar-refractivity contribution in [2.45, 2.75) is 105 Å². The predicted molar refractivity (Wildman–Crippen MR) is 317 cm³/mol. The van der Waals surface area contributed by atoms with Gasteiger partial charge in [0, 0.05) is 45.0 Å². The van der Waals surface area contributed by atoms with Gasteiger partial charge in [-0.25, -0.2) is 0 Å². The van der Waals surface area contributed by atoms with E-state index >= 15 is 0 Å². The average Bonchev–Trinajstić information content (AvgIpc) is 3.37. The summed E-state index contributed by atoms with van der Waals surface area (Å²) in [5, 5.41) is 0. The van der Waals surface area contributed by atoms with Crippen LogP contribution in [-0.2, 0) is 21.7 Å². The normalized spacial score (nSPS) is 13.4. The lowest BCUT2D eigenvalue weighted by molar-refractivity contribution is 0.590. The molecule has 0 aromatic heterocycles. The zero-order valence-corrected chi connectivity index (χ0v) is 45.0. The predicted octanol–water partition coefficient (Wildman–Crippen LogP) is 17.6. The second-order valence-electron chi connectivity index (χ2n) is 24.7. The standard InChI is InChI=1S/C70H69BN2/c1-67(2,3)50-30-19-28-48(42-50)56-34-21-32-54(46-24-15-13-16-25-46)65(56)72-60-40-38-52(69(7,8)9)44-58(60)71-59-45-53(70(10,11)12)39-41-61(59)73(63-37-23-36-62(72)64(63)71)66-55(47-26-17-14-18-27-47)33-22-35-57(66)49-29-20-31-51(43-49)68(4,5)6/h13-45H,1-12H3. The van der Waals surface area contributed by atoms with E-state index < -0.39 is 0 Å². The highest BCUT2D eigenvalue weighted by atomic mass is 15.2. The maximum absolute atomic E-state index is 2.64. The Morgan fingerprint density at radius 3 is 0.959 bits per heavy atom. The van der Waals surface area contributed by atoms with E-state index in [0.29, 0.717) is 0 Å². The molecule has 0 bridgehead atoms. The maximum atomic E-state index is 2.64. The Morgan fingerprint density at radius 1 is 0.274 bits per heavy atom. The van der Waals surface area contributed by atoms with Crippen LogP contribution in [0, 0.1) is 0 Å². The van der Waals surface area contributed by atoms with E-state index in [1.165, 1.54) is 117 Å². The Hall–Kier alpha value is -7.36. The summed E-state index contributed by atoms with van der Waals surface area (Å²) < 4.78 is 0. The molecule has 0 saturated heterocycles. The van der Waals surface area contributed by atoms with E-state index in [1.807, 2.05) is 0 Å². The van der Waals surface area contributed by atoms with Crippen LogP contribution in [0.1, 0.15) is 105 Å². The second kappa shape index (κ2) is 17.7. The molecule has 9 aromatic rings. The Bertz CT molecular complexity index is 3320. The van der Waals surface area contributed by atoms with E-state index in [-0.39, 0.29) is 28.4 Å². The molecule has 0 atom stereocenters. The molecule has 2 heterocycles. The molecule has 0 saturated carbocycles. The molecule has 362 valence electrons. The Labute approximate surface area is 436 Å². The third-order valence-electron chi connectivity index (χ3n) is 15.5. The van der Waals surface area contributed by atoms with Gasteiger partial charge in [-0.15, -0.1) is 0 Å². The van der Waals surface area contributed by atoms with E-state index in [2.05, 4.69) is 293 Å². The summed E-state index contributed by atoms with van der Waals surface area (Å²) in [6, 6.07) is 76.3. The summed E-state index contributed by atoms with van der Waals surface area (Å²) in [7, 11) is 0. The van der Waals surface area contributed by atoms with Crippen molar-refractivity contribution >= 4 is 57.2 Å². The van der Waals surface area contributed by atoms with E-state index in [9.17, 15) is 0 Å². The minimum atomic E-state index is -0.0813. The number of benzene rings is 9. The molecule has 0 amide bonds. The van der Waals surface area contributed by atoms with Crippen molar-refractivity contribution in [3.05, 3.63) is 222 Å². The second-order valence-corrected chi connectivity index (χ2v) is 24.7. The van der Waals surface area contributed by atoms with E-state index in [1.54, 1.807) is 0 Å². The van der Waals surface area contributed by atoms with Crippen molar-refractivity contribution in [1.82, 2.24) is 0 Å². The number of hydrogen-bond acceptors (Lipinski definition) is 2. The number of fused-ring (bicyclic) bond motifs is 4. The molecule has 9 aromatic carbocycles. The molecule has 0 aliphatic carbocycles. The van der Waals surface area contributed by atoms with Crippen LogP contribution in [0.2, 0.25) is 0 Å².